The summed E-state index contributed by atoms with van der Waals surface area (Å²) in [7, 11) is 1.65. The molecule has 2 aromatic rings. The molecule has 168 valence electrons. The van der Waals surface area contributed by atoms with Gasteiger partial charge in [-0.25, -0.2) is 9.38 Å². The number of aliphatic imine (C=N–C) groups is 1. The normalized spacial score (nSPS) is 13.5. The highest BCUT2D eigenvalue weighted by Gasteiger charge is 2.11. The molecule has 0 bridgehead atoms. The van der Waals surface area contributed by atoms with Crippen molar-refractivity contribution >= 4 is 11.6 Å². The summed E-state index contributed by atoms with van der Waals surface area (Å²) in [4.78, 5) is 4.55. The van der Waals surface area contributed by atoms with Gasteiger partial charge in [-0.05, 0) is 24.6 Å². The van der Waals surface area contributed by atoms with Gasteiger partial charge in [-0.15, -0.1) is 0 Å². The molecule has 2 aromatic carbocycles. The highest BCUT2D eigenvalue weighted by Crippen LogP contribution is 2.32. The lowest BCUT2D eigenvalue weighted by atomic mass is 10.2. The molecule has 1 aliphatic rings. The second-order valence-corrected chi connectivity index (χ2v) is 6.98. The fourth-order valence-corrected chi connectivity index (χ4v) is 2.93. The van der Waals surface area contributed by atoms with Crippen molar-refractivity contribution in [3.63, 3.8) is 0 Å². The molecule has 31 heavy (non-hydrogen) atoms. The maximum Gasteiger partial charge on any atom is 0.196 e. The minimum absolute atomic E-state index is 0.219. The number of nitrogens with one attached hydrogen (secondary N) is 2. The van der Waals surface area contributed by atoms with Gasteiger partial charge in [0.05, 0.1) is 33.0 Å². The van der Waals surface area contributed by atoms with E-state index in [1.165, 1.54) is 6.07 Å². The average Bonchev–Trinajstić information content (AvgIpc) is 3.02. The molecular formula is C23H30FN3O4. The van der Waals surface area contributed by atoms with Gasteiger partial charge in [-0.3, -0.25) is 0 Å². The van der Waals surface area contributed by atoms with Gasteiger partial charge in [-0.2, -0.15) is 0 Å². The van der Waals surface area contributed by atoms with Crippen LogP contribution < -0.4 is 20.1 Å². The number of rotatable bonds is 10. The molecule has 7 nitrogen and oxygen atoms in total. The summed E-state index contributed by atoms with van der Waals surface area (Å²) in [6.45, 7) is 3.89. The van der Waals surface area contributed by atoms with Crippen LogP contribution in [0.2, 0.25) is 0 Å². The molecule has 0 amide bonds. The minimum atomic E-state index is -0.271. The molecule has 0 fully saturated rings. The second kappa shape index (κ2) is 12.8. The van der Waals surface area contributed by atoms with Crippen LogP contribution in [0.5, 0.6) is 11.5 Å². The predicted molar refractivity (Wildman–Crippen MR) is 119 cm³/mol. The molecule has 0 unspecified atom stereocenters. The number of nitrogens with zero attached hydrogens (tertiary/aromatic N) is 1. The van der Waals surface area contributed by atoms with Crippen LogP contribution in [0.3, 0.4) is 0 Å². The first-order valence-corrected chi connectivity index (χ1v) is 10.5. The van der Waals surface area contributed by atoms with Crippen molar-refractivity contribution in [2.45, 2.75) is 19.4 Å². The standard InChI is InChI=1S/C23H30FN3O4/c1-28-14-15-29-11-4-10-25-23(26-17-18-6-2-3-7-20(18)24)27-19-8-9-21-22(16-19)31-13-5-12-30-21/h2-3,6-9,16H,4-5,10-15,17H2,1H3,(H2,25,26,27). The summed E-state index contributed by atoms with van der Waals surface area (Å²) in [6, 6.07) is 12.3. The van der Waals surface area contributed by atoms with Gasteiger partial charge >= 0.3 is 0 Å². The topological polar surface area (TPSA) is 73.3 Å². The van der Waals surface area contributed by atoms with E-state index in [-0.39, 0.29) is 12.4 Å². The van der Waals surface area contributed by atoms with Crippen LogP contribution in [0.15, 0.2) is 47.5 Å². The lowest BCUT2D eigenvalue weighted by Gasteiger charge is -2.15. The molecule has 0 spiro atoms. The Morgan fingerprint density at radius 3 is 2.74 bits per heavy atom. The van der Waals surface area contributed by atoms with Gasteiger partial charge in [0, 0.05) is 44.0 Å². The average molecular weight is 432 g/mol. The Morgan fingerprint density at radius 2 is 1.90 bits per heavy atom. The highest BCUT2D eigenvalue weighted by molar-refractivity contribution is 5.93. The second-order valence-electron chi connectivity index (χ2n) is 6.98. The maximum absolute atomic E-state index is 14.0. The first-order valence-electron chi connectivity index (χ1n) is 10.5. The van der Waals surface area contributed by atoms with Crippen molar-refractivity contribution in [1.82, 2.24) is 5.32 Å². The van der Waals surface area contributed by atoms with Crippen LogP contribution >= 0.6 is 0 Å². The quantitative estimate of drug-likeness (QED) is 0.340. The molecule has 0 saturated carbocycles. The Bertz CT molecular complexity index is 847. The Kier molecular flexibility index (Phi) is 9.40. The molecule has 2 N–H and O–H groups in total. The molecular weight excluding hydrogens is 401 g/mol. The van der Waals surface area contributed by atoms with E-state index in [0.717, 1.165) is 24.3 Å². The summed E-state index contributed by atoms with van der Waals surface area (Å²) in [6.07, 6.45) is 1.64. The molecule has 3 rings (SSSR count). The van der Waals surface area contributed by atoms with E-state index >= 15 is 0 Å². The first-order chi connectivity index (χ1) is 15.3. The maximum atomic E-state index is 14.0. The van der Waals surface area contributed by atoms with E-state index in [2.05, 4.69) is 15.6 Å². The predicted octanol–water partition coefficient (Wildman–Crippen LogP) is 3.60. The Hall–Kier alpha value is -2.84. The summed E-state index contributed by atoms with van der Waals surface area (Å²) < 4.78 is 35.9. The van der Waals surface area contributed by atoms with Crippen molar-refractivity contribution in [3.05, 3.63) is 53.8 Å². The Labute approximate surface area is 182 Å². The third-order valence-corrected chi connectivity index (χ3v) is 4.57. The van der Waals surface area contributed by atoms with Gasteiger partial charge < -0.3 is 29.6 Å². The van der Waals surface area contributed by atoms with Gasteiger partial charge in [0.15, 0.2) is 17.5 Å². The van der Waals surface area contributed by atoms with Crippen LogP contribution in [0.1, 0.15) is 18.4 Å². The van der Waals surface area contributed by atoms with Gasteiger partial charge in [-0.1, -0.05) is 18.2 Å². The van der Waals surface area contributed by atoms with Crippen LogP contribution in [0, 0.1) is 5.82 Å². The first kappa shape index (κ1) is 22.8. The number of methoxy groups -OCH3 is 1. The zero-order valence-electron chi connectivity index (χ0n) is 17.9. The fraction of sp³-hybridized carbons (Fsp3) is 0.435. The smallest absolute Gasteiger partial charge is 0.196 e. The largest absolute Gasteiger partial charge is 0.490 e. The van der Waals surface area contributed by atoms with E-state index < -0.39 is 0 Å². The molecule has 0 saturated heterocycles. The van der Waals surface area contributed by atoms with Crippen LogP contribution in [0.4, 0.5) is 10.1 Å². The molecule has 0 aromatic heterocycles. The lowest BCUT2D eigenvalue weighted by Crippen LogP contribution is -2.32. The van der Waals surface area contributed by atoms with Gasteiger partial charge in [0.25, 0.3) is 0 Å². The highest BCUT2D eigenvalue weighted by atomic mass is 19.1. The van der Waals surface area contributed by atoms with Crippen molar-refractivity contribution in [2.24, 2.45) is 4.99 Å². The number of hydrogen-bond acceptors (Lipinski definition) is 5. The molecule has 8 heteroatoms. The van der Waals surface area contributed by atoms with E-state index in [9.17, 15) is 4.39 Å². The summed E-state index contributed by atoms with van der Waals surface area (Å²) in [5, 5.41) is 6.54. The van der Waals surface area contributed by atoms with E-state index in [0.29, 0.717) is 56.9 Å². The lowest BCUT2D eigenvalue weighted by molar-refractivity contribution is 0.0699. The fourth-order valence-electron chi connectivity index (χ4n) is 2.93. The number of hydrogen-bond donors (Lipinski definition) is 2. The van der Waals surface area contributed by atoms with Crippen molar-refractivity contribution in [2.75, 3.05) is 52.0 Å². The van der Waals surface area contributed by atoms with Crippen molar-refractivity contribution < 1.29 is 23.3 Å². The number of guanidine groups is 1. The summed E-state index contributed by atoms with van der Waals surface area (Å²) in [5.41, 5.74) is 1.34. The third kappa shape index (κ3) is 7.73. The molecule has 1 aliphatic heterocycles. The van der Waals surface area contributed by atoms with Crippen LogP contribution in [-0.2, 0) is 16.0 Å². The SMILES string of the molecule is COCCOCCCNC(=NCc1ccccc1F)Nc1ccc2c(c1)OCCCO2. The van der Waals surface area contributed by atoms with Crippen LogP contribution in [0.25, 0.3) is 0 Å². The third-order valence-electron chi connectivity index (χ3n) is 4.57. The number of ether oxygens (including phenoxy) is 4. The molecule has 1 heterocycles. The zero-order valence-corrected chi connectivity index (χ0v) is 17.9. The Balaban J connectivity index is 1.63. The van der Waals surface area contributed by atoms with E-state index in [1.54, 1.807) is 25.3 Å². The zero-order chi connectivity index (χ0) is 21.7. The van der Waals surface area contributed by atoms with Crippen LogP contribution in [-0.4, -0.2) is 52.6 Å². The number of fused-ring (bicyclic) bond motifs is 1. The minimum Gasteiger partial charge on any atom is -0.490 e. The Morgan fingerprint density at radius 1 is 1.06 bits per heavy atom. The monoisotopic (exact) mass is 431 g/mol. The summed E-state index contributed by atoms with van der Waals surface area (Å²) >= 11 is 0. The molecule has 0 aliphatic carbocycles. The van der Waals surface area contributed by atoms with Gasteiger partial charge in [0.1, 0.15) is 5.82 Å². The van der Waals surface area contributed by atoms with Crippen molar-refractivity contribution in [1.29, 1.82) is 0 Å². The molecule has 0 atom stereocenters. The van der Waals surface area contributed by atoms with E-state index in [1.807, 2.05) is 18.2 Å². The number of anilines is 1. The number of benzene rings is 2. The molecule has 0 radical (unpaired) electrons. The van der Waals surface area contributed by atoms with Crippen molar-refractivity contribution in [3.8, 4) is 11.5 Å². The van der Waals surface area contributed by atoms with E-state index in [4.69, 9.17) is 18.9 Å². The summed E-state index contributed by atoms with van der Waals surface area (Å²) in [5.74, 6) is 1.71. The van der Waals surface area contributed by atoms with Gasteiger partial charge in [0.2, 0.25) is 0 Å². The number of halogens is 1.